The van der Waals surface area contributed by atoms with Gasteiger partial charge in [0.15, 0.2) is 0 Å². The van der Waals surface area contributed by atoms with E-state index in [1.54, 1.807) is 6.20 Å². The summed E-state index contributed by atoms with van der Waals surface area (Å²) in [5.41, 5.74) is 0.856. The van der Waals surface area contributed by atoms with E-state index >= 15 is 0 Å². The number of nitrogens with zero attached hydrogens (tertiary/aromatic N) is 2. The number of H-pyrrole nitrogens is 2. The molecule has 0 spiro atoms. The van der Waals surface area contributed by atoms with Crippen molar-refractivity contribution in [2.75, 3.05) is 5.32 Å². The molecule has 3 N–H and O–H groups in total. The van der Waals surface area contributed by atoms with E-state index in [-0.39, 0.29) is 5.56 Å². The van der Waals surface area contributed by atoms with E-state index in [1.807, 2.05) is 6.07 Å². The predicted molar refractivity (Wildman–Crippen MR) is 62.7 cm³/mol. The van der Waals surface area contributed by atoms with Gasteiger partial charge in [-0.05, 0) is 18.9 Å². The van der Waals surface area contributed by atoms with Crippen LogP contribution in [-0.2, 0) is 6.54 Å². The number of nitrogens with one attached hydrogen (secondary N) is 3. The Labute approximate surface area is 97.5 Å². The first kappa shape index (κ1) is 10.1. The third kappa shape index (κ3) is 2.35. The summed E-state index contributed by atoms with van der Waals surface area (Å²) in [6, 6.07) is 3.35. The van der Waals surface area contributed by atoms with Gasteiger partial charge in [-0.15, -0.1) is 0 Å². The van der Waals surface area contributed by atoms with Crippen molar-refractivity contribution in [3.8, 4) is 0 Å². The van der Waals surface area contributed by atoms with Crippen molar-refractivity contribution >= 4 is 5.82 Å². The molecule has 1 saturated carbocycles. The molecule has 2 aromatic rings. The topological polar surface area (TPSA) is 86.5 Å². The van der Waals surface area contributed by atoms with Crippen molar-refractivity contribution in [2.45, 2.75) is 25.3 Å². The van der Waals surface area contributed by atoms with Crippen LogP contribution in [0, 0.1) is 0 Å². The summed E-state index contributed by atoms with van der Waals surface area (Å²) in [5, 5.41) is 9.81. The molecule has 2 heterocycles. The van der Waals surface area contributed by atoms with Gasteiger partial charge in [0.05, 0.1) is 12.2 Å². The van der Waals surface area contributed by atoms with Gasteiger partial charge in [-0.25, -0.2) is 4.98 Å². The Morgan fingerprint density at radius 1 is 1.47 bits per heavy atom. The molecule has 0 aromatic carbocycles. The molecule has 0 aliphatic heterocycles. The molecular formula is C11H13N5O. The Morgan fingerprint density at radius 3 is 3.06 bits per heavy atom. The van der Waals surface area contributed by atoms with Gasteiger partial charge in [0.2, 0.25) is 0 Å². The normalized spacial score (nSPS) is 14.8. The molecule has 0 bridgehead atoms. The summed E-state index contributed by atoms with van der Waals surface area (Å²) in [5.74, 6) is 1.85. The summed E-state index contributed by atoms with van der Waals surface area (Å²) in [4.78, 5) is 18.6. The lowest BCUT2D eigenvalue weighted by molar-refractivity contribution is 0.897. The molecule has 6 nitrogen and oxygen atoms in total. The minimum Gasteiger partial charge on any atom is -0.364 e. The summed E-state index contributed by atoms with van der Waals surface area (Å²) < 4.78 is 0. The molecule has 1 aliphatic rings. The molecule has 0 saturated heterocycles. The maximum absolute atomic E-state index is 11.4. The fraction of sp³-hybridized carbons (Fsp3) is 0.364. The van der Waals surface area contributed by atoms with Gasteiger partial charge >= 0.3 is 0 Å². The fourth-order valence-electron chi connectivity index (χ4n) is 1.69. The monoisotopic (exact) mass is 231 g/mol. The number of rotatable bonds is 4. The van der Waals surface area contributed by atoms with Gasteiger partial charge in [0, 0.05) is 18.2 Å². The van der Waals surface area contributed by atoms with E-state index in [1.165, 1.54) is 6.07 Å². The molecule has 0 unspecified atom stereocenters. The lowest BCUT2D eigenvalue weighted by atomic mass is 10.4. The summed E-state index contributed by atoms with van der Waals surface area (Å²) >= 11 is 0. The van der Waals surface area contributed by atoms with Gasteiger partial charge in [-0.1, -0.05) is 0 Å². The van der Waals surface area contributed by atoms with Crippen molar-refractivity contribution in [1.29, 1.82) is 0 Å². The van der Waals surface area contributed by atoms with Gasteiger partial charge in [-0.2, -0.15) is 5.10 Å². The van der Waals surface area contributed by atoms with Crippen molar-refractivity contribution in [3.63, 3.8) is 0 Å². The molecule has 3 rings (SSSR count). The highest BCUT2D eigenvalue weighted by molar-refractivity contribution is 5.34. The average Bonchev–Trinajstić information content (AvgIpc) is 3.04. The van der Waals surface area contributed by atoms with Gasteiger partial charge in [0.1, 0.15) is 11.6 Å². The highest BCUT2D eigenvalue weighted by Gasteiger charge is 2.26. The van der Waals surface area contributed by atoms with Crippen LogP contribution < -0.4 is 10.9 Å². The molecular weight excluding hydrogens is 218 g/mol. The highest BCUT2D eigenvalue weighted by atomic mass is 16.1. The first-order valence-corrected chi connectivity index (χ1v) is 5.64. The van der Waals surface area contributed by atoms with Crippen LogP contribution in [0.25, 0.3) is 0 Å². The lowest BCUT2D eigenvalue weighted by Crippen LogP contribution is -2.13. The second-order valence-corrected chi connectivity index (χ2v) is 4.23. The first-order valence-electron chi connectivity index (χ1n) is 5.64. The zero-order valence-corrected chi connectivity index (χ0v) is 9.23. The minimum absolute atomic E-state index is 0.103. The van der Waals surface area contributed by atoms with E-state index in [9.17, 15) is 4.79 Å². The van der Waals surface area contributed by atoms with Crippen LogP contribution in [0.2, 0.25) is 0 Å². The number of anilines is 1. The Kier molecular flexibility index (Phi) is 2.40. The fourth-order valence-corrected chi connectivity index (χ4v) is 1.69. The van der Waals surface area contributed by atoms with E-state index < -0.39 is 0 Å². The van der Waals surface area contributed by atoms with Crippen LogP contribution in [0.1, 0.15) is 30.3 Å². The molecule has 88 valence electrons. The van der Waals surface area contributed by atoms with Crippen molar-refractivity contribution in [3.05, 3.63) is 40.2 Å². The Balaban J connectivity index is 1.75. The highest BCUT2D eigenvalue weighted by Crippen LogP contribution is 2.37. The largest absolute Gasteiger partial charge is 0.364 e. The van der Waals surface area contributed by atoms with E-state index in [0.717, 1.165) is 24.4 Å². The summed E-state index contributed by atoms with van der Waals surface area (Å²) in [6.07, 6.45) is 3.93. The molecule has 1 aliphatic carbocycles. The van der Waals surface area contributed by atoms with Crippen LogP contribution >= 0.6 is 0 Å². The number of aromatic amines is 2. The SMILES string of the molecule is O=c1cc(NCc2ccn[nH]2)nc(C2CC2)[nH]1. The zero-order valence-electron chi connectivity index (χ0n) is 9.23. The van der Waals surface area contributed by atoms with Crippen LogP contribution in [0.3, 0.4) is 0 Å². The van der Waals surface area contributed by atoms with E-state index in [4.69, 9.17) is 0 Å². The van der Waals surface area contributed by atoms with Crippen LogP contribution in [-0.4, -0.2) is 20.2 Å². The quantitative estimate of drug-likeness (QED) is 0.732. The number of hydrogen-bond donors (Lipinski definition) is 3. The summed E-state index contributed by atoms with van der Waals surface area (Å²) in [7, 11) is 0. The third-order valence-corrected chi connectivity index (χ3v) is 2.74. The Bertz CT molecular complexity index is 555. The smallest absolute Gasteiger partial charge is 0.252 e. The van der Waals surface area contributed by atoms with Crippen LogP contribution in [0.4, 0.5) is 5.82 Å². The zero-order chi connectivity index (χ0) is 11.7. The molecule has 17 heavy (non-hydrogen) atoms. The van der Waals surface area contributed by atoms with Crippen LogP contribution in [0.15, 0.2) is 23.1 Å². The molecule has 0 radical (unpaired) electrons. The molecule has 1 fully saturated rings. The van der Waals surface area contributed by atoms with Gasteiger partial charge < -0.3 is 10.3 Å². The molecule has 6 heteroatoms. The first-order chi connectivity index (χ1) is 8.31. The second kappa shape index (κ2) is 4.04. The van der Waals surface area contributed by atoms with Gasteiger partial charge in [-0.3, -0.25) is 9.89 Å². The Hall–Kier alpha value is -2.11. The minimum atomic E-state index is -0.103. The van der Waals surface area contributed by atoms with Crippen LogP contribution in [0.5, 0.6) is 0 Å². The number of hydrogen-bond acceptors (Lipinski definition) is 4. The maximum Gasteiger partial charge on any atom is 0.252 e. The van der Waals surface area contributed by atoms with Crippen molar-refractivity contribution < 1.29 is 0 Å². The maximum atomic E-state index is 11.4. The Morgan fingerprint density at radius 2 is 2.35 bits per heavy atom. The van der Waals surface area contributed by atoms with Gasteiger partial charge in [0.25, 0.3) is 5.56 Å². The molecule has 0 amide bonds. The standard InChI is InChI=1S/C11H13N5O/c17-10-5-9(12-6-8-3-4-13-16-8)14-11(15-10)7-1-2-7/h3-5,7H,1-2,6H2,(H,13,16)(H2,12,14,15,17). The molecule has 0 atom stereocenters. The average molecular weight is 231 g/mol. The third-order valence-electron chi connectivity index (χ3n) is 2.74. The molecule has 2 aromatic heterocycles. The van der Waals surface area contributed by atoms with Crippen molar-refractivity contribution in [1.82, 2.24) is 20.2 Å². The number of aromatic nitrogens is 4. The predicted octanol–water partition coefficient (Wildman–Crippen LogP) is 0.982. The second-order valence-electron chi connectivity index (χ2n) is 4.23. The summed E-state index contributed by atoms with van der Waals surface area (Å²) in [6.45, 7) is 0.584. The van der Waals surface area contributed by atoms with E-state index in [2.05, 4.69) is 25.5 Å². The lowest BCUT2D eigenvalue weighted by Gasteiger charge is -2.05. The van der Waals surface area contributed by atoms with E-state index in [0.29, 0.717) is 18.3 Å². The van der Waals surface area contributed by atoms with Crippen molar-refractivity contribution in [2.24, 2.45) is 0 Å².